The van der Waals surface area contributed by atoms with Crippen molar-refractivity contribution in [3.8, 4) is 11.5 Å². The average Bonchev–Trinajstić information content (AvgIpc) is 2.70. The Morgan fingerprint density at radius 1 is 1.46 bits per heavy atom. The van der Waals surface area contributed by atoms with Crippen molar-refractivity contribution in [3.05, 3.63) is 23.3 Å². The molecular weight excluding hydrogens is 306 g/mol. The van der Waals surface area contributed by atoms with Gasteiger partial charge in [-0.2, -0.15) is 0 Å². The Morgan fingerprint density at radius 3 is 2.92 bits per heavy atom. The molecule has 0 saturated carbocycles. The molecule has 0 spiro atoms. The van der Waals surface area contributed by atoms with Crippen molar-refractivity contribution in [2.45, 2.75) is 44.6 Å². The summed E-state index contributed by atoms with van der Waals surface area (Å²) in [6.07, 6.45) is -6.73. The van der Waals surface area contributed by atoms with E-state index in [1.807, 2.05) is 0 Å². The van der Waals surface area contributed by atoms with Crippen LogP contribution in [0.2, 0.25) is 0 Å². The van der Waals surface area contributed by atoms with Crippen LogP contribution in [0.25, 0.3) is 0 Å². The summed E-state index contributed by atoms with van der Waals surface area (Å²) >= 11 is 0. The van der Waals surface area contributed by atoms with Crippen molar-refractivity contribution in [3.63, 3.8) is 0 Å². The Kier molecular flexibility index (Phi) is 1.76. The number of benzene rings is 1. The minimum absolute atomic E-state index is 0.137. The Morgan fingerprint density at radius 2 is 2.21 bits per heavy atom. The number of carbonyl (C=O) groups excluding carboxylic acids is 1. The largest absolute Gasteiger partial charge is 0.493 e. The third-order valence-electron chi connectivity index (χ3n) is 4.02. The van der Waals surface area contributed by atoms with Crippen LogP contribution in [-0.2, 0) is 11.2 Å². The van der Waals surface area contributed by atoms with Gasteiger partial charge in [0.15, 0.2) is 11.5 Å². The van der Waals surface area contributed by atoms with E-state index < -0.39 is 93.5 Å². The number of aliphatic hydroxyl groups is 1. The summed E-state index contributed by atoms with van der Waals surface area (Å²) in [6.45, 7) is -6.38. The minimum atomic E-state index is -3.27. The van der Waals surface area contributed by atoms with E-state index in [1.54, 1.807) is 0 Å². The van der Waals surface area contributed by atoms with Crippen LogP contribution in [0.4, 0.5) is 0 Å². The molecule has 1 aromatic carbocycles. The van der Waals surface area contributed by atoms with Gasteiger partial charge < -0.3 is 14.6 Å². The van der Waals surface area contributed by atoms with Crippen molar-refractivity contribution in [2.24, 2.45) is 5.92 Å². The molecule has 2 aliphatic rings. The molecule has 132 valence electrons. The Balaban J connectivity index is 2.21. The van der Waals surface area contributed by atoms with Crippen LogP contribution < -0.4 is 9.47 Å². The van der Waals surface area contributed by atoms with E-state index in [4.69, 9.17) is 30.0 Å². The Bertz CT molecular complexity index is 1140. The number of hydrogen-bond acceptors (Lipinski definition) is 5. The minimum Gasteiger partial charge on any atom is -0.493 e. The number of carbonyl (C=O) groups is 1. The fourth-order valence-corrected chi connectivity index (χ4v) is 2.99. The lowest BCUT2D eigenvalue weighted by Gasteiger charge is -2.44. The van der Waals surface area contributed by atoms with Gasteiger partial charge in [0.25, 0.3) is 0 Å². The van der Waals surface area contributed by atoms with Gasteiger partial charge in [-0.05, 0) is 49.8 Å². The maximum absolute atomic E-state index is 13.2. The second kappa shape index (κ2) is 6.37. The normalized spacial score (nSPS) is 41.9. The molecule has 24 heavy (non-hydrogen) atoms. The zero-order valence-electron chi connectivity index (χ0n) is 27.8. The highest BCUT2D eigenvalue weighted by Crippen LogP contribution is 2.42. The first-order chi connectivity index (χ1) is 17.1. The molecule has 0 amide bonds. The van der Waals surface area contributed by atoms with Gasteiger partial charge in [0.05, 0.1) is 27.9 Å². The molecule has 0 radical (unpaired) electrons. The molecule has 1 unspecified atom stereocenters. The van der Waals surface area contributed by atoms with E-state index in [0.29, 0.717) is 6.92 Å². The first kappa shape index (κ1) is 6.61. The predicted molar refractivity (Wildman–Crippen MR) is 91.6 cm³/mol. The van der Waals surface area contributed by atoms with Crippen molar-refractivity contribution >= 4 is 5.78 Å². The molecule has 3 rings (SSSR count). The van der Waals surface area contributed by atoms with Gasteiger partial charge in [-0.25, -0.2) is 0 Å². The summed E-state index contributed by atoms with van der Waals surface area (Å²) in [6, 6.07) is 0.429. The van der Waals surface area contributed by atoms with E-state index in [0.717, 1.165) is 17.0 Å². The standard InChI is InChI=1S/C19H27NO4/c1-19(2,22)10-13-11-20-6-5-12-7-17(23-3)18(24-4)8-14(12)15(20)9-16(13)21/h7-8,13,15,22H,5-6,9-11H2,1-4H3/t13-,15-/m0/s1/i1D3,3D3,4D3,5D2,6D2,10D2/t13-,15-,19?. The Labute approximate surface area is 164 Å². The number of fused-ring (bicyclic) bond motifs is 3. The summed E-state index contributed by atoms with van der Waals surface area (Å²) in [5, 5.41) is 10.6. The molecule has 1 saturated heterocycles. The zero-order valence-corrected chi connectivity index (χ0v) is 12.8. The van der Waals surface area contributed by atoms with Gasteiger partial charge in [0.1, 0.15) is 5.78 Å². The lowest BCUT2D eigenvalue weighted by atomic mass is 9.79. The number of nitrogens with zero attached hydrogens (tertiary/aromatic N) is 1. The topological polar surface area (TPSA) is 59.0 Å². The highest BCUT2D eigenvalue weighted by Gasteiger charge is 2.40. The van der Waals surface area contributed by atoms with Crippen molar-refractivity contribution in [1.82, 2.24) is 4.90 Å². The molecule has 0 aliphatic carbocycles. The second-order valence-corrected chi connectivity index (χ2v) is 5.93. The summed E-state index contributed by atoms with van der Waals surface area (Å²) in [4.78, 5) is 14.0. The first-order valence-electron chi connectivity index (χ1n) is 14.7. The number of aryl methyl sites for hydroxylation is 1. The quantitative estimate of drug-likeness (QED) is 0.905. The molecule has 5 heteroatoms. The van der Waals surface area contributed by atoms with Crippen LogP contribution >= 0.6 is 0 Å². The lowest BCUT2D eigenvalue weighted by molar-refractivity contribution is -0.131. The van der Waals surface area contributed by atoms with Crippen molar-refractivity contribution < 1.29 is 39.9 Å². The van der Waals surface area contributed by atoms with E-state index >= 15 is 0 Å². The molecular formula is C19H27NO4. The summed E-state index contributed by atoms with van der Waals surface area (Å²) in [7, 11) is -6.22. The number of ether oxygens (including phenoxy) is 2. The maximum Gasteiger partial charge on any atom is 0.161 e. The van der Waals surface area contributed by atoms with Crippen LogP contribution in [0, 0.1) is 5.92 Å². The van der Waals surface area contributed by atoms with E-state index in [-0.39, 0.29) is 5.56 Å². The third kappa shape index (κ3) is 3.28. The molecule has 1 aromatic rings. The summed E-state index contributed by atoms with van der Waals surface area (Å²) < 4.78 is 128. The van der Waals surface area contributed by atoms with Crippen LogP contribution in [0.1, 0.15) is 64.3 Å². The molecule has 2 aliphatic heterocycles. The molecule has 3 atom stereocenters. The zero-order chi connectivity index (χ0) is 30.4. The summed E-state index contributed by atoms with van der Waals surface area (Å²) in [5.74, 6) is -4.12. The van der Waals surface area contributed by atoms with Gasteiger partial charge in [0, 0.05) is 43.8 Å². The second-order valence-electron chi connectivity index (χ2n) is 5.93. The predicted octanol–water partition coefficient (Wildman–Crippen LogP) is 2.35. The van der Waals surface area contributed by atoms with E-state index in [9.17, 15) is 9.90 Å². The Hall–Kier alpha value is -1.59. The maximum atomic E-state index is 13.2. The lowest BCUT2D eigenvalue weighted by Crippen LogP contribution is -2.47. The van der Waals surface area contributed by atoms with Crippen LogP contribution in [0.5, 0.6) is 11.5 Å². The number of methoxy groups -OCH3 is 2. The average molecular weight is 349 g/mol. The molecule has 1 N–H and O–H groups in total. The van der Waals surface area contributed by atoms with Gasteiger partial charge >= 0.3 is 0 Å². The highest BCUT2D eigenvalue weighted by atomic mass is 16.5. The van der Waals surface area contributed by atoms with Gasteiger partial charge in [-0.15, -0.1) is 0 Å². The van der Waals surface area contributed by atoms with Gasteiger partial charge in [0.2, 0.25) is 0 Å². The van der Waals surface area contributed by atoms with Crippen molar-refractivity contribution in [1.29, 1.82) is 0 Å². The highest BCUT2D eigenvalue weighted by molar-refractivity contribution is 5.83. The fraction of sp³-hybridized carbons (Fsp3) is 0.632. The number of hydrogen-bond donors (Lipinski definition) is 1. The molecule has 0 bridgehead atoms. The molecule has 5 nitrogen and oxygen atoms in total. The fourth-order valence-electron chi connectivity index (χ4n) is 2.99. The van der Waals surface area contributed by atoms with E-state index in [1.165, 1.54) is 0 Å². The van der Waals surface area contributed by atoms with Crippen molar-refractivity contribution in [2.75, 3.05) is 27.1 Å². The van der Waals surface area contributed by atoms with Gasteiger partial charge in [-0.1, -0.05) is 0 Å². The third-order valence-corrected chi connectivity index (χ3v) is 4.02. The van der Waals surface area contributed by atoms with E-state index in [2.05, 4.69) is 0 Å². The van der Waals surface area contributed by atoms with Crippen LogP contribution in [-0.4, -0.2) is 48.5 Å². The smallest absolute Gasteiger partial charge is 0.161 e. The molecule has 1 fully saturated rings. The van der Waals surface area contributed by atoms with Gasteiger partial charge in [-0.3, -0.25) is 9.69 Å². The number of ketones is 1. The van der Waals surface area contributed by atoms with Crippen LogP contribution in [0.15, 0.2) is 12.1 Å². The SMILES string of the molecule is [2H]C([2H])([2H])Oc1cc2c(cc1OC([2H])([2H])[2H])C([2H])([2H])C([2H])([2H])N1C[C@H](C([2H])([2H])C(C)(O)C([2H])([2H])[2H])C(=O)C[C@@H]21. The number of Topliss-reactive ketones (excluding diaryl/α,β-unsaturated/α-hetero) is 1. The van der Waals surface area contributed by atoms with Crippen LogP contribution in [0.3, 0.4) is 0 Å². The molecule has 0 aromatic heterocycles. The molecule has 2 heterocycles. The summed E-state index contributed by atoms with van der Waals surface area (Å²) in [5.41, 5.74) is -3.62. The number of rotatable bonds is 4. The first-order valence-corrected chi connectivity index (χ1v) is 7.23. The number of piperidine rings is 1. The monoisotopic (exact) mass is 348 g/mol.